The average molecular weight is 392 g/mol. The highest BCUT2D eigenvalue weighted by Gasteiger charge is 2.11. The van der Waals surface area contributed by atoms with Crippen molar-refractivity contribution in [1.82, 2.24) is 9.97 Å². The zero-order valence-electron chi connectivity index (χ0n) is 16.2. The van der Waals surface area contributed by atoms with Gasteiger partial charge < -0.3 is 19.9 Å². The number of rotatable bonds is 6. The van der Waals surface area contributed by atoms with Crippen LogP contribution in [0, 0.1) is 0 Å². The van der Waals surface area contributed by atoms with E-state index in [2.05, 4.69) is 20.2 Å². The van der Waals surface area contributed by atoms with Crippen molar-refractivity contribution < 1.29 is 9.53 Å². The van der Waals surface area contributed by atoms with Crippen LogP contribution in [0.5, 0.6) is 0 Å². The smallest absolute Gasteiger partial charge is 0.258 e. The fourth-order valence-corrected chi connectivity index (χ4v) is 3.47. The molecule has 1 saturated heterocycles. The SMILES string of the molecule is O=C(CCCc1nc2ccccc2c(=O)[nH]1)Nc1ccc(N2CCOCC2)cc1. The minimum Gasteiger partial charge on any atom is -0.378 e. The fraction of sp³-hybridized carbons (Fsp3) is 0.318. The van der Waals surface area contributed by atoms with Gasteiger partial charge in [-0.05, 0) is 42.8 Å². The maximum Gasteiger partial charge on any atom is 0.258 e. The number of hydrogen-bond donors (Lipinski definition) is 2. The van der Waals surface area contributed by atoms with Crippen molar-refractivity contribution in [2.24, 2.45) is 0 Å². The second-order valence-corrected chi connectivity index (χ2v) is 7.08. The lowest BCUT2D eigenvalue weighted by Crippen LogP contribution is -2.36. The fourth-order valence-electron chi connectivity index (χ4n) is 3.47. The second-order valence-electron chi connectivity index (χ2n) is 7.08. The first-order valence-corrected chi connectivity index (χ1v) is 9.89. The summed E-state index contributed by atoms with van der Waals surface area (Å²) < 4.78 is 5.37. The highest BCUT2D eigenvalue weighted by atomic mass is 16.5. The molecule has 29 heavy (non-hydrogen) atoms. The summed E-state index contributed by atoms with van der Waals surface area (Å²) in [5.41, 5.74) is 2.45. The Labute approximate surface area is 168 Å². The maximum atomic E-state index is 12.2. The molecule has 2 heterocycles. The molecule has 0 saturated carbocycles. The van der Waals surface area contributed by atoms with Crippen molar-refractivity contribution in [2.75, 3.05) is 36.5 Å². The van der Waals surface area contributed by atoms with Gasteiger partial charge in [-0.15, -0.1) is 0 Å². The van der Waals surface area contributed by atoms with E-state index < -0.39 is 0 Å². The Balaban J connectivity index is 1.28. The molecule has 0 spiro atoms. The number of para-hydroxylation sites is 1. The molecule has 1 aromatic heterocycles. The normalized spacial score (nSPS) is 14.1. The molecular weight excluding hydrogens is 368 g/mol. The van der Waals surface area contributed by atoms with Gasteiger partial charge in [-0.1, -0.05) is 12.1 Å². The second kappa shape index (κ2) is 8.87. The van der Waals surface area contributed by atoms with E-state index in [1.165, 1.54) is 0 Å². The van der Waals surface area contributed by atoms with E-state index in [1.807, 2.05) is 42.5 Å². The molecule has 0 atom stereocenters. The Bertz CT molecular complexity index is 1040. The van der Waals surface area contributed by atoms with Crippen molar-refractivity contribution in [3.63, 3.8) is 0 Å². The lowest BCUT2D eigenvalue weighted by atomic mass is 10.2. The summed E-state index contributed by atoms with van der Waals surface area (Å²) in [7, 11) is 0. The molecule has 3 aromatic rings. The summed E-state index contributed by atoms with van der Waals surface area (Å²) in [5.74, 6) is 0.559. The lowest BCUT2D eigenvalue weighted by Gasteiger charge is -2.28. The van der Waals surface area contributed by atoms with Gasteiger partial charge in [0.2, 0.25) is 5.91 Å². The summed E-state index contributed by atoms with van der Waals surface area (Å²) in [6.45, 7) is 3.26. The molecule has 2 N–H and O–H groups in total. The third-order valence-corrected chi connectivity index (χ3v) is 5.01. The molecule has 150 valence electrons. The summed E-state index contributed by atoms with van der Waals surface area (Å²) in [6.07, 6.45) is 1.52. The quantitative estimate of drug-likeness (QED) is 0.674. The van der Waals surface area contributed by atoms with E-state index in [1.54, 1.807) is 6.07 Å². The molecule has 0 aliphatic carbocycles. The van der Waals surface area contributed by atoms with E-state index >= 15 is 0 Å². The lowest BCUT2D eigenvalue weighted by molar-refractivity contribution is -0.116. The number of ether oxygens (including phenoxy) is 1. The summed E-state index contributed by atoms with van der Waals surface area (Å²) in [4.78, 5) is 33.9. The Kier molecular flexibility index (Phi) is 5.86. The third kappa shape index (κ3) is 4.81. The van der Waals surface area contributed by atoms with Crippen LogP contribution in [0.4, 0.5) is 11.4 Å². The Morgan fingerprint density at radius 2 is 1.86 bits per heavy atom. The number of fused-ring (bicyclic) bond motifs is 1. The van der Waals surface area contributed by atoms with E-state index in [9.17, 15) is 9.59 Å². The van der Waals surface area contributed by atoms with Crippen LogP contribution in [0.1, 0.15) is 18.7 Å². The number of morpholine rings is 1. The molecule has 2 aromatic carbocycles. The van der Waals surface area contributed by atoms with Gasteiger partial charge in [0, 0.05) is 37.3 Å². The molecular formula is C22H24N4O3. The zero-order valence-corrected chi connectivity index (χ0v) is 16.2. The van der Waals surface area contributed by atoms with Gasteiger partial charge in [0.05, 0.1) is 24.1 Å². The minimum atomic E-state index is -0.143. The van der Waals surface area contributed by atoms with Gasteiger partial charge in [0.15, 0.2) is 0 Å². The minimum absolute atomic E-state index is 0.0488. The molecule has 1 aliphatic rings. The van der Waals surface area contributed by atoms with Crippen LogP contribution in [0.25, 0.3) is 10.9 Å². The predicted molar refractivity (Wildman–Crippen MR) is 113 cm³/mol. The highest BCUT2D eigenvalue weighted by molar-refractivity contribution is 5.90. The number of aromatic nitrogens is 2. The summed E-state index contributed by atoms with van der Waals surface area (Å²) in [6, 6.07) is 15.1. The van der Waals surface area contributed by atoms with Gasteiger partial charge in [-0.2, -0.15) is 0 Å². The van der Waals surface area contributed by atoms with Gasteiger partial charge >= 0.3 is 0 Å². The van der Waals surface area contributed by atoms with Crippen LogP contribution in [0.15, 0.2) is 53.3 Å². The van der Waals surface area contributed by atoms with Crippen LogP contribution in [-0.2, 0) is 16.0 Å². The Morgan fingerprint density at radius 3 is 2.66 bits per heavy atom. The van der Waals surface area contributed by atoms with Crippen molar-refractivity contribution in [1.29, 1.82) is 0 Å². The van der Waals surface area contributed by atoms with Crippen molar-refractivity contribution in [3.8, 4) is 0 Å². The molecule has 0 unspecified atom stereocenters. The number of amides is 1. The first-order valence-electron chi connectivity index (χ1n) is 9.89. The number of nitrogens with zero attached hydrogens (tertiary/aromatic N) is 2. The average Bonchev–Trinajstić information content (AvgIpc) is 2.75. The zero-order chi connectivity index (χ0) is 20.1. The van der Waals surface area contributed by atoms with E-state index in [0.29, 0.717) is 36.0 Å². The number of hydrogen-bond acceptors (Lipinski definition) is 5. The Morgan fingerprint density at radius 1 is 1.10 bits per heavy atom. The van der Waals surface area contributed by atoms with Crippen molar-refractivity contribution in [3.05, 3.63) is 64.7 Å². The summed E-state index contributed by atoms with van der Waals surface area (Å²) >= 11 is 0. The molecule has 7 nitrogen and oxygen atoms in total. The van der Waals surface area contributed by atoms with Crippen LogP contribution < -0.4 is 15.8 Å². The molecule has 1 fully saturated rings. The molecule has 0 bridgehead atoms. The number of carbonyl (C=O) groups is 1. The van der Waals surface area contributed by atoms with Crippen LogP contribution in [-0.4, -0.2) is 42.2 Å². The number of anilines is 2. The number of benzene rings is 2. The standard InChI is InChI=1S/C22H24N4O3/c27-21(23-16-8-10-17(11-9-16)26-12-14-29-15-13-26)7-3-6-20-24-19-5-2-1-4-18(19)22(28)25-20/h1-2,4-5,8-11H,3,6-7,12-15H2,(H,23,27)(H,24,25,28). The van der Waals surface area contributed by atoms with Crippen molar-refractivity contribution in [2.45, 2.75) is 19.3 Å². The molecule has 0 radical (unpaired) electrons. The molecule has 7 heteroatoms. The van der Waals surface area contributed by atoms with Gasteiger partial charge in [0.25, 0.3) is 5.56 Å². The number of nitrogens with one attached hydrogen (secondary N) is 2. The number of H-pyrrole nitrogens is 1. The number of carbonyl (C=O) groups excluding carboxylic acids is 1. The molecule has 1 aliphatic heterocycles. The number of aromatic amines is 1. The molecule has 4 rings (SSSR count). The first kappa shape index (κ1) is 19.1. The third-order valence-electron chi connectivity index (χ3n) is 5.01. The van der Waals surface area contributed by atoms with Crippen LogP contribution in [0.2, 0.25) is 0 Å². The monoisotopic (exact) mass is 392 g/mol. The Hall–Kier alpha value is -3.19. The predicted octanol–water partition coefficient (Wildman–Crippen LogP) is 2.72. The van der Waals surface area contributed by atoms with E-state index in [0.717, 1.165) is 37.7 Å². The topological polar surface area (TPSA) is 87.3 Å². The first-order chi connectivity index (χ1) is 14.2. The summed E-state index contributed by atoms with van der Waals surface area (Å²) in [5, 5.41) is 3.50. The van der Waals surface area contributed by atoms with Crippen molar-refractivity contribution >= 4 is 28.2 Å². The maximum absolute atomic E-state index is 12.2. The van der Waals surface area contributed by atoms with E-state index in [4.69, 9.17) is 4.74 Å². The largest absolute Gasteiger partial charge is 0.378 e. The number of aryl methyl sites for hydroxylation is 1. The van der Waals surface area contributed by atoms with Gasteiger partial charge in [-0.25, -0.2) is 4.98 Å². The molecule has 1 amide bonds. The van der Waals surface area contributed by atoms with Crippen LogP contribution in [0.3, 0.4) is 0 Å². The van der Waals surface area contributed by atoms with Crippen LogP contribution >= 0.6 is 0 Å². The van der Waals surface area contributed by atoms with Gasteiger partial charge in [0.1, 0.15) is 5.82 Å². The highest BCUT2D eigenvalue weighted by Crippen LogP contribution is 2.19. The van der Waals surface area contributed by atoms with Gasteiger partial charge in [-0.3, -0.25) is 9.59 Å². The van der Waals surface area contributed by atoms with E-state index in [-0.39, 0.29) is 11.5 Å².